The fourth-order valence-electron chi connectivity index (χ4n) is 3.02. The summed E-state index contributed by atoms with van der Waals surface area (Å²) in [6.45, 7) is -1.22. The number of nitrogens with zero attached hydrogens (tertiary/aromatic N) is 1. The van der Waals surface area contributed by atoms with Crippen LogP contribution in [0.3, 0.4) is 0 Å². The minimum Gasteiger partial charge on any atom is -0.394 e. The van der Waals surface area contributed by atoms with Crippen LogP contribution in [0.2, 0.25) is 0 Å². The predicted octanol–water partition coefficient (Wildman–Crippen LogP) is 2.53. The number of hydrogen-bond donors (Lipinski definition) is 1. The Balaban J connectivity index is 2.70. The van der Waals surface area contributed by atoms with E-state index in [4.69, 9.17) is 16.7 Å². The highest BCUT2D eigenvalue weighted by molar-refractivity contribution is 7.90. The third-order valence-corrected chi connectivity index (χ3v) is 7.29. The number of alkyl halides is 5. The first-order valence-electron chi connectivity index (χ1n) is 8.17. The zero-order valence-electron chi connectivity index (χ0n) is 14.9. The van der Waals surface area contributed by atoms with Gasteiger partial charge in [0.1, 0.15) is 6.04 Å². The number of rotatable bonds is 7. The van der Waals surface area contributed by atoms with E-state index in [0.717, 1.165) is 12.1 Å². The summed E-state index contributed by atoms with van der Waals surface area (Å²) in [5.41, 5.74) is -4.80. The van der Waals surface area contributed by atoms with E-state index in [-0.39, 0.29) is 22.0 Å². The van der Waals surface area contributed by atoms with Gasteiger partial charge in [-0.1, -0.05) is 30.3 Å². The van der Waals surface area contributed by atoms with E-state index in [1.807, 2.05) is 0 Å². The van der Waals surface area contributed by atoms with Gasteiger partial charge in [0, 0.05) is 13.5 Å². The molecule has 162 valence electrons. The Morgan fingerprint density at radius 3 is 2.28 bits per heavy atom. The zero-order chi connectivity index (χ0) is 22.3. The predicted molar refractivity (Wildman–Crippen MR) is 95.2 cm³/mol. The molecule has 12 heteroatoms. The van der Waals surface area contributed by atoms with Crippen LogP contribution < -0.4 is 0 Å². The lowest BCUT2D eigenvalue weighted by atomic mass is 9.79. The van der Waals surface area contributed by atoms with E-state index < -0.39 is 57.1 Å². The lowest BCUT2D eigenvalue weighted by Gasteiger charge is -2.46. The van der Waals surface area contributed by atoms with Gasteiger partial charge in [0.2, 0.25) is 10.9 Å². The lowest BCUT2D eigenvalue weighted by Crippen LogP contribution is -2.70. The molecule has 5 nitrogen and oxygen atoms in total. The van der Waals surface area contributed by atoms with Gasteiger partial charge in [-0.2, -0.15) is 13.1 Å². The molecule has 0 saturated heterocycles. The Kier molecular flexibility index (Phi) is 6.49. The molecule has 0 bridgehead atoms. The quantitative estimate of drug-likeness (QED) is 0.385. The normalized spacial score (nSPS) is 30.3. The van der Waals surface area contributed by atoms with Crippen molar-refractivity contribution in [3.63, 3.8) is 0 Å². The average Bonchev–Trinajstić information content (AvgIpc) is 2.65. The summed E-state index contributed by atoms with van der Waals surface area (Å²) < 4.78 is 100. The Bertz CT molecular complexity index is 900. The number of aliphatic hydroxyl groups is 1. The average molecular weight is 462 g/mol. The summed E-state index contributed by atoms with van der Waals surface area (Å²) in [5.74, 6) is -5.08. The Labute approximate surface area is 168 Å². The molecule has 0 fully saturated rings. The summed E-state index contributed by atoms with van der Waals surface area (Å²) in [5, 5.41) is 3.24. The van der Waals surface area contributed by atoms with Gasteiger partial charge in [0.25, 0.3) is 15.0 Å². The molecule has 0 spiro atoms. The third kappa shape index (κ3) is 3.58. The molecule has 0 heterocycles. The van der Waals surface area contributed by atoms with E-state index >= 15 is 8.78 Å². The smallest absolute Gasteiger partial charge is 0.320 e. The number of likely N-dealkylation sites (N-methyl/N-ethyl adjacent to an activating group) is 1. The molecular weight excluding hydrogens is 445 g/mol. The summed E-state index contributed by atoms with van der Waals surface area (Å²) in [6, 6.07) is 4.29. The molecule has 0 saturated carbocycles. The molecule has 4 atom stereocenters. The van der Waals surface area contributed by atoms with Crippen LogP contribution in [0.4, 0.5) is 22.0 Å². The Hall–Kier alpha value is -1.56. The molecule has 1 aromatic rings. The second-order valence-electron chi connectivity index (χ2n) is 6.52. The number of aliphatic hydroxyl groups excluding tert-OH is 1. The maximum Gasteiger partial charge on any atom is 0.320 e. The molecule has 0 radical (unpaired) electrons. The van der Waals surface area contributed by atoms with Crippen molar-refractivity contribution in [1.82, 2.24) is 4.31 Å². The number of hydrogen-bond acceptors (Lipinski definition) is 4. The Morgan fingerprint density at radius 2 is 1.79 bits per heavy atom. The largest absolute Gasteiger partial charge is 0.394 e. The standard InChI is InChI=1S/C17H17ClF5NO4S/c1-24(12(10-25)14(18)26)29(27,28)16(21)8-7-13(19)17(22,23)15(16,20)9-11-5-3-2-4-6-11/h2-8,12-13,25H,9-10H2,1H3/t12-,13?,15?,16?/m1/s1. The zero-order valence-corrected chi connectivity index (χ0v) is 16.5. The van der Waals surface area contributed by atoms with Gasteiger partial charge in [-0.3, -0.25) is 4.79 Å². The SMILES string of the molecule is CN([C@H](CO)C(=O)Cl)S(=O)(=O)C1(F)C=CC(F)C(F)(F)C1(F)Cc1ccccc1. The minimum absolute atomic E-state index is 0.0926. The molecule has 0 aliphatic heterocycles. The molecule has 0 amide bonds. The fourth-order valence-corrected chi connectivity index (χ4v) is 5.08. The van der Waals surface area contributed by atoms with Gasteiger partial charge in [0.15, 0.2) is 6.17 Å². The number of sulfonamides is 1. The van der Waals surface area contributed by atoms with E-state index in [1.165, 1.54) is 18.2 Å². The lowest BCUT2D eigenvalue weighted by molar-refractivity contribution is -0.203. The highest BCUT2D eigenvalue weighted by Gasteiger charge is 2.77. The van der Waals surface area contributed by atoms with Gasteiger partial charge >= 0.3 is 5.92 Å². The van der Waals surface area contributed by atoms with Crippen LogP contribution >= 0.6 is 11.6 Å². The molecule has 29 heavy (non-hydrogen) atoms. The molecule has 0 aromatic heterocycles. The van der Waals surface area contributed by atoms with Crippen molar-refractivity contribution < 1.29 is 40.3 Å². The Morgan fingerprint density at radius 1 is 1.24 bits per heavy atom. The molecule has 1 aliphatic carbocycles. The first-order chi connectivity index (χ1) is 13.3. The second-order valence-corrected chi connectivity index (χ2v) is 9.01. The number of carbonyl (C=O) groups excluding carboxylic acids is 1. The van der Waals surface area contributed by atoms with E-state index in [1.54, 1.807) is 0 Å². The summed E-state index contributed by atoms with van der Waals surface area (Å²) in [7, 11) is -5.18. The number of allylic oxidation sites excluding steroid dienone is 1. The summed E-state index contributed by atoms with van der Waals surface area (Å²) in [4.78, 5) is 11.3. The van der Waals surface area contributed by atoms with Crippen LogP contribution in [-0.2, 0) is 21.2 Å². The minimum atomic E-state index is -5.75. The van der Waals surface area contributed by atoms with Crippen molar-refractivity contribution in [2.24, 2.45) is 0 Å². The van der Waals surface area contributed by atoms with Crippen molar-refractivity contribution >= 4 is 26.9 Å². The molecule has 1 aliphatic rings. The van der Waals surface area contributed by atoms with Gasteiger partial charge in [-0.15, -0.1) is 0 Å². The number of halogens is 6. The highest BCUT2D eigenvalue weighted by Crippen LogP contribution is 2.54. The van der Waals surface area contributed by atoms with Gasteiger partial charge in [0.05, 0.1) is 6.61 Å². The van der Waals surface area contributed by atoms with Crippen molar-refractivity contribution in [3.8, 4) is 0 Å². The van der Waals surface area contributed by atoms with Crippen molar-refractivity contribution in [2.45, 2.75) is 35.2 Å². The van der Waals surface area contributed by atoms with Gasteiger partial charge in [-0.05, 0) is 29.3 Å². The maximum atomic E-state index is 15.8. The number of benzene rings is 1. The first-order valence-corrected chi connectivity index (χ1v) is 9.99. The summed E-state index contributed by atoms with van der Waals surface area (Å²) >= 11 is 5.16. The topological polar surface area (TPSA) is 74.7 Å². The molecular formula is C17H17ClF5NO4S. The van der Waals surface area contributed by atoms with Crippen molar-refractivity contribution in [3.05, 3.63) is 48.0 Å². The van der Waals surface area contributed by atoms with E-state index in [0.29, 0.717) is 7.05 Å². The maximum absolute atomic E-state index is 15.8. The molecule has 3 unspecified atom stereocenters. The van der Waals surface area contributed by atoms with Gasteiger partial charge < -0.3 is 5.11 Å². The molecule has 2 rings (SSSR count). The third-order valence-electron chi connectivity index (χ3n) is 4.81. The van der Waals surface area contributed by atoms with Crippen molar-refractivity contribution in [1.29, 1.82) is 0 Å². The van der Waals surface area contributed by atoms with Crippen LogP contribution in [0.25, 0.3) is 0 Å². The molecule has 1 N–H and O–H groups in total. The first kappa shape index (κ1) is 23.7. The summed E-state index contributed by atoms with van der Waals surface area (Å²) in [6.07, 6.45) is -5.03. The fraction of sp³-hybridized carbons (Fsp3) is 0.471. The monoisotopic (exact) mass is 461 g/mol. The van der Waals surface area contributed by atoms with Crippen LogP contribution in [0.5, 0.6) is 0 Å². The van der Waals surface area contributed by atoms with Crippen LogP contribution in [-0.4, -0.2) is 65.5 Å². The van der Waals surface area contributed by atoms with Crippen molar-refractivity contribution in [2.75, 3.05) is 13.7 Å². The second kappa shape index (κ2) is 7.93. The number of carbonyl (C=O) groups is 1. The van der Waals surface area contributed by atoms with Crippen LogP contribution in [0, 0.1) is 0 Å². The highest BCUT2D eigenvalue weighted by atomic mass is 35.5. The van der Waals surface area contributed by atoms with Crippen LogP contribution in [0.1, 0.15) is 5.56 Å². The molecule has 1 aromatic carbocycles. The van der Waals surface area contributed by atoms with Gasteiger partial charge in [-0.25, -0.2) is 21.6 Å². The van der Waals surface area contributed by atoms with E-state index in [9.17, 15) is 26.4 Å². The van der Waals surface area contributed by atoms with E-state index in [2.05, 4.69) is 0 Å². The van der Waals surface area contributed by atoms with Crippen LogP contribution in [0.15, 0.2) is 42.5 Å².